The SMILES string of the molecule is CCOc1ccccc1OCC(=O)NNC(=O)c1sc2ccccc2c1Cl. The van der Waals surface area contributed by atoms with Crippen LogP contribution in [0.15, 0.2) is 48.5 Å². The number of hydrazine groups is 1. The van der Waals surface area contributed by atoms with Gasteiger partial charge in [-0.25, -0.2) is 0 Å². The van der Waals surface area contributed by atoms with E-state index in [0.29, 0.717) is 28.0 Å². The Balaban J connectivity index is 1.56. The molecule has 0 atom stereocenters. The molecule has 0 radical (unpaired) electrons. The Bertz CT molecular complexity index is 973. The zero-order valence-electron chi connectivity index (χ0n) is 14.5. The highest BCUT2D eigenvalue weighted by Gasteiger charge is 2.17. The number of carbonyl (C=O) groups is 2. The molecule has 0 bridgehead atoms. The smallest absolute Gasteiger partial charge is 0.281 e. The lowest BCUT2D eigenvalue weighted by atomic mass is 10.2. The van der Waals surface area contributed by atoms with Gasteiger partial charge in [0.1, 0.15) is 4.88 Å². The van der Waals surface area contributed by atoms with Crippen LogP contribution in [0.4, 0.5) is 0 Å². The number of amides is 2. The molecule has 2 N–H and O–H groups in total. The number of nitrogens with one attached hydrogen (secondary N) is 2. The van der Waals surface area contributed by atoms with E-state index in [1.807, 2.05) is 37.3 Å². The van der Waals surface area contributed by atoms with E-state index < -0.39 is 11.8 Å². The summed E-state index contributed by atoms with van der Waals surface area (Å²) in [7, 11) is 0. The molecule has 27 heavy (non-hydrogen) atoms. The minimum Gasteiger partial charge on any atom is -0.490 e. The van der Waals surface area contributed by atoms with Gasteiger partial charge < -0.3 is 9.47 Å². The van der Waals surface area contributed by atoms with Gasteiger partial charge in [-0.1, -0.05) is 41.9 Å². The number of fused-ring (bicyclic) bond motifs is 1. The Morgan fingerprint density at radius 1 is 1.00 bits per heavy atom. The minimum atomic E-state index is -0.508. The second kappa shape index (κ2) is 8.75. The van der Waals surface area contributed by atoms with Crippen LogP contribution in [0.2, 0.25) is 5.02 Å². The first-order valence-corrected chi connectivity index (χ1v) is 9.40. The van der Waals surface area contributed by atoms with Gasteiger partial charge in [0.05, 0.1) is 11.6 Å². The number of rotatable bonds is 6. The molecule has 0 aliphatic heterocycles. The van der Waals surface area contributed by atoms with E-state index in [1.54, 1.807) is 18.2 Å². The van der Waals surface area contributed by atoms with E-state index in [9.17, 15) is 9.59 Å². The summed E-state index contributed by atoms with van der Waals surface area (Å²) < 4.78 is 11.8. The van der Waals surface area contributed by atoms with Gasteiger partial charge in [0.25, 0.3) is 11.8 Å². The lowest BCUT2D eigenvalue weighted by molar-refractivity contribution is -0.123. The minimum absolute atomic E-state index is 0.273. The van der Waals surface area contributed by atoms with E-state index in [1.165, 1.54) is 11.3 Å². The topological polar surface area (TPSA) is 76.7 Å². The Kier molecular flexibility index (Phi) is 6.16. The van der Waals surface area contributed by atoms with Crippen molar-refractivity contribution in [1.29, 1.82) is 0 Å². The number of benzene rings is 2. The largest absolute Gasteiger partial charge is 0.490 e. The summed E-state index contributed by atoms with van der Waals surface area (Å²) in [4.78, 5) is 24.6. The van der Waals surface area contributed by atoms with Gasteiger partial charge in [-0.3, -0.25) is 20.4 Å². The fourth-order valence-electron chi connectivity index (χ4n) is 2.37. The number of ether oxygens (including phenoxy) is 2. The van der Waals surface area contributed by atoms with Gasteiger partial charge >= 0.3 is 0 Å². The molecule has 0 fully saturated rings. The molecule has 2 aromatic carbocycles. The van der Waals surface area contributed by atoms with Crippen LogP contribution in [0.5, 0.6) is 11.5 Å². The van der Waals surface area contributed by atoms with Crippen molar-refractivity contribution < 1.29 is 19.1 Å². The lowest BCUT2D eigenvalue weighted by Gasteiger charge is -2.11. The highest BCUT2D eigenvalue weighted by molar-refractivity contribution is 7.21. The molecule has 0 spiro atoms. The molecule has 1 heterocycles. The van der Waals surface area contributed by atoms with Crippen LogP contribution in [0.25, 0.3) is 10.1 Å². The number of carbonyl (C=O) groups excluding carboxylic acids is 2. The third-order valence-electron chi connectivity index (χ3n) is 3.56. The summed E-state index contributed by atoms with van der Waals surface area (Å²) >= 11 is 7.51. The maximum absolute atomic E-state index is 12.3. The molecular formula is C19H17ClN2O4S. The monoisotopic (exact) mass is 404 g/mol. The summed E-state index contributed by atoms with van der Waals surface area (Å²) in [5, 5.41) is 1.17. The number of hydrogen-bond acceptors (Lipinski definition) is 5. The average Bonchev–Trinajstić information content (AvgIpc) is 3.03. The van der Waals surface area contributed by atoms with Crippen molar-refractivity contribution in [3.05, 3.63) is 58.4 Å². The summed E-state index contributed by atoms with van der Waals surface area (Å²) in [5.41, 5.74) is 4.67. The first-order valence-electron chi connectivity index (χ1n) is 8.21. The van der Waals surface area contributed by atoms with Crippen LogP contribution in [-0.2, 0) is 4.79 Å². The number of para-hydroxylation sites is 2. The van der Waals surface area contributed by atoms with Crippen molar-refractivity contribution in [2.75, 3.05) is 13.2 Å². The summed E-state index contributed by atoms with van der Waals surface area (Å²) in [5.74, 6) is 0.0124. The second-order valence-corrected chi connectivity index (χ2v) is 6.84. The lowest BCUT2D eigenvalue weighted by Crippen LogP contribution is -2.43. The van der Waals surface area contributed by atoms with Crippen molar-refractivity contribution >= 4 is 44.8 Å². The zero-order valence-corrected chi connectivity index (χ0v) is 16.0. The predicted molar refractivity (Wildman–Crippen MR) is 106 cm³/mol. The van der Waals surface area contributed by atoms with Crippen LogP contribution in [-0.4, -0.2) is 25.0 Å². The molecule has 0 aliphatic carbocycles. The van der Waals surface area contributed by atoms with Gasteiger partial charge in [0.2, 0.25) is 0 Å². The molecule has 1 aromatic heterocycles. The third kappa shape index (κ3) is 4.50. The van der Waals surface area contributed by atoms with Crippen molar-refractivity contribution in [2.24, 2.45) is 0 Å². The predicted octanol–water partition coefficient (Wildman–Crippen LogP) is 3.79. The average molecular weight is 405 g/mol. The van der Waals surface area contributed by atoms with Crippen molar-refractivity contribution in [1.82, 2.24) is 10.9 Å². The third-order valence-corrected chi connectivity index (χ3v) is 5.24. The molecule has 0 unspecified atom stereocenters. The van der Waals surface area contributed by atoms with Crippen LogP contribution in [0.3, 0.4) is 0 Å². The maximum Gasteiger partial charge on any atom is 0.281 e. The summed E-state index contributed by atoms with van der Waals surface area (Å²) in [6.45, 7) is 2.07. The molecular weight excluding hydrogens is 388 g/mol. The second-order valence-electron chi connectivity index (χ2n) is 5.41. The Hall–Kier alpha value is -2.77. The van der Waals surface area contributed by atoms with E-state index in [-0.39, 0.29) is 6.61 Å². The molecule has 2 amide bonds. The van der Waals surface area contributed by atoms with E-state index in [4.69, 9.17) is 21.1 Å². The van der Waals surface area contributed by atoms with Crippen molar-refractivity contribution in [3.63, 3.8) is 0 Å². The standard InChI is InChI=1S/C19H17ClN2O4S/c1-2-25-13-8-4-5-9-14(13)26-11-16(23)21-22-19(24)18-17(20)12-7-3-6-10-15(12)27-18/h3-10H,2,11H2,1H3,(H,21,23)(H,22,24). The van der Waals surface area contributed by atoms with Gasteiger partial charge in [0, 0.05) is 10.1 Å². The normalized spacial score (nSPS) is 10.4. The van der Waals surface area contributed by atoms with Crippen LogP contribution >= 0.6 is 22.9 Å². The molecule has 3 aromatic rings. The van der Waals surface area contributed by atoms with Gasteiger partial charge in [-0.05, 0) is 25.1 Å². The van der Waals surface area contributed by atoms with E-state index >= 15 is 0 Å². The molecule has 0 saturated carbocycles. The Labute approximate surface area is 165 Å². The number of thiophene rings is 1. The Morgan fingerprint density at radius 2 is 1.67 bits per heavy atom. The quantitative estimate of drug-likeness (QED) is 0.613. The molecule has 0 aliphatic rings. The van der Waals surface area contributed by atoms with Crippen molar-refractivity contribution in [2.45, 2.75) is 6.92 Å². The highest BCUT2D eigenvalue weighted by Crippen LogP contribution is 2.34. The summed E-state index contributed by atoms with van der Waals surface area (Å²) in [6, 6.07) is 14.5. The molecule has 6 nitrogen and oxygen atoms in total. The maximum atomic E-state index is 12.3. The van der Waals surface area contributed by atoms with Crippen LogP contribution in [0.1, 0.15) is 16.6 Å². The van der Waals surface area contributed by atoms with Crippen LogP contribution < -0.4 is 20.3 Å². The Morgan fingerprint density at radius 3 is 2.37 bits per heavy atom. The number of hydrogen-bond donors (Lipinski definition) is 2. The first kappa shape index (κ1) is 19.0. The van der Waals surface area contributed by atoms with Gasteiger partial charge in [-0.15, -0.1) is 11.3 Å². The van der Waals surface area contributed by atoms with Gasteiger partial charge in [-0.2, -0.15) is 0 Å². The van der Waals surface area contributed by atoms with Gasteiger partial charge in [0.15, 0.2) is 18.1 Å². The molecule has 0 saturated heterocycles. The number of halogens is 1. The molecule has 140 valence electrons. The fraction of sp³-hybridized carbons (Fsp3) is 0.158. The van der Waals surface area contributed by atoms with E-state index in [2.05, 4.69) is 10.9 Å². The zero-order chi connectivity index (χ0) is 19.2. The molecule has 3 rings (SSSR count). The van der Waals surface area contributed by atoms with E-state index in [0.717, 1.165) is 10.1 Å². The highest BCUT2D eigenvalue weighted by atomic mass is 35.5. The summed E-state index contributed by atoms with van der Waals surface area (Å²) in [6.07, 6.45) is 0. The fourth-order valence-corrected chi connectivity index (χ4v) is 3.78. The first-order chi connectivity index (χ1) is 13.1. The van der Waals surface area contributed by atoms with Crippen LogP contribution in [0, 0.1) is 0 Å². The molecule has 8 heteroatoms. The van der Waals surface area contributed by atoms with Crippen molar-refractivity contribution in [3.8, 4) is 11.5 Å².